The molecule has 14 heavy (non-hydrogen) atoms. The van der Waals surface area contributed by atoms with Crippen LogP contribution in [0.3, 0.4) is 0 Å². The maximum absolute atomic E-state index is 11.0. The van der Waals surface area contributed by atoms with E-state index >= 15 is 0 Å². The lowest BCUT2D eigenvalue weighted by atomic mass is 10.1. The first-order chi connectivity index (χ1) is 6.65. The van der Waals surface area contributed by atoms with Crippen molar-refractivity contribution in [1.29, 1.82) is 0 Å². The zero-order valence-electron chi connectivity index (χ0n) is 7.17. The molecular formula is C8H8NO5-. The second-order valence-corrected chi connectivity index (χ2v) is 3.09. The molecule has 2 saturated heterocycles. The van der Waals surface area contributed by atoms with Gasteiger partial charge in [0.2, 0.25) is 5.91 Å². The number of carbonyl (C=O) groups excluding carboxylic acids is 2. The molecule has 2 atom stereocenters. The van der Waals surface area contributed by atoms with Crippen LogP contribution >= 0.6 is 0 Å². The van der Waals surface area contributed by atoms with Crippen molar-refractivity contribution in [3.05, 3.63) is 11.8 Å². The Morgan fingerprint density at radius 1 is 1.79 bits per heavy atom. The van der Waals surface area contributed by atoms with E-state index in [9.17, 15) is 14.7 Å². The summed E-state index contributed by atoms with van der Waals surface area (Å²) in [5, 5.41) is 19.3. The fraction of sp³-hybridized carbons (Fsp3) is 0.500. The monoisotopic (exact) mass is 198 g/mol. The molecule has 0 aromatic carbocycles. The number of hydrogen-bond donors (Lipinski definition) is 1. The Bertz CT molecular complexity index is 324. The first kappa shape index (κ1) is 9.01. The van der Waals surface area contributed by atoms with E-state index in [0.29, 0.717) is 0 Å². The number of carbonyl (C=O) groups is 2. The van der Waals surface area contributed by atoms with Crippen LogP contribution in [-0.2, 0) is 14.3 Å². The molecule has 76 valence electrons. The van der Waals surface area contributed by atoms with Gasteiger partial charge in [-0.2, -0.15) is 0 Å². The summed E-state index contributed by atoms with van der Waals surface area (Å²) in [5.41, 5.74) is 0. The lowest BCUT2D eigenvalue weighted by molar-refractivity contribution is -0.310. The van der Waals surface area contributed by atoms with Crippen LogP contribution in [0.1, 0.15) is 6.42 Å². The van der Waals surface area contributed by atoms with Crippen molar-refractivity contribution in [3.8, 4) is 0 Å². The summed E-state index contributed by atoms with van der Waals surface area (Å²) in [5.74, 6) is -1.57. The fourth-order valence-corrected chi connectivity index (χ4v) is 1.65. The number of carboxylic acids is 1. The van der Waals surface area contributed by atoms with E-state index in [4.69, 9.17) is 9.84 Å². The van der Waals surface area contributed by atoms with Crippen molar-refractivity contribution in [1.82, 2.24) is 4.90 Å². The summed E-state index contributed by atoms with van der Waals surface area (Å²) in [7, 11) is 0. The predicted molar refractivity (Wildman–Crippen MR) is 40.3 cm³/mol. The predicted octanol–water partition coefficient (Wildman–Crippen LogP) is -2.43. The van der Waals surface area contributed by atoms with Crippen LogP contribution in [-0.4, -0.2) is 40.8 Å². The van der Waals surface area contributed by atoms with Gasteiger partial charge in [-0.1, -0.05) is 0 Å². The van der Waals surface area contributed by atoms with Crippen LogP contribution in [0.25, 0.3) is 0 Å². The largest absolute Gasteiger partial charge is 0.547 e. The van der Waals surface area contributed by atoms with Gasteiger partial charge in [-0.05, 0) is 6.08 Å². The normalized spacial score (nSPS) is 32.5. The van der Waals surface area contributed by atoms with Crippen molar-refractivity contribution in [2.75, 3.05) is 6.61 Å². The van der Waals surface area contributed by atoms with Crippen molar-refractivity contribution in [2.45, 2.75) is 18.7 Å². The lowest BCUT2D eigenvalue weighted by Crippen LogP contribution is -2.57. The van der Waals surface area contributed by atoms with Crippen LogP contribution < -0.4 is 5.11 Å². The summed E-state index contributed by atoms with van der Waals surface area (Å²) in [6.45, 7) is -0.326. The standard InChI is InChI=1S/C8H9NO5/c10-2-1-4-7(8(12)13)9-5(11)3-6(9)14-4/h1,6-7,10H,2-3H2,(H,12,13)/p-1/b4-1+/t6-,7-/m0/s1. The molecule has 6 nitrogen and oxygen atoms in total. The molecule has 2 fully saturated rings. The quantitative estimate of drug-likeness (QED) is 0.498. The summed E-state index contributed by atoms with van der Waals surface area (Å²) in [4.78, 5) is 22.9. The number of amides is 1. The van der Waals surface area contributed by atoms with Gasteiger partial charge < -0.3 is 19.7 Å². The summed E-state index contributed by atoms with van der Waals surface area (Å²) in [6.07, 6.45) is 0.918. The van der Waals surface area contributed by atoms with Crippen LogP contribution in [0.4, 0.5) is 0 Å². The molecule has 0 aliphatic carbocycles. The van der Waals surface area contributed by atoms with E-state index in [-0.39, 0.29) is 24.7 Å². The zero-order chi connectivity index (χ0) is 10.3. The molecule has 0 spiro atoms. The van der Waals surface area contributed by atoms with Crippen LogP contribution in [0, 0.1) is 0 Å². The molecule has 6 heteroatoms. The maximum Gasteiger partial charge on any atom is 0.232 e. The van der Waals surface area contributed by atoms with Gasteiger partial charge in [0.15, 0.2) is 6.23 Å². The van der Waals surface area contributed by atoms with Crippen molar-refractivity contribution >= 4 is 11.9 Å². The second-order valence-electron chi connectivity index (χ2n) is 3.09. The van der Waals surface area contributed by atoms with E-state index in [0.717, 1.165) is 4.90 Å². The van der Waals surface area contributed by atoms with Gasteiger partial charge in [-0.15, -0.1) is 0 Å². The van der Waals surface area contributed by atoms with Crippen molar-refractivity contribution in [2.24, 2.45) is 0 Å². The van der Waals surface area contributed by atoms with E-state index in [1.54, 1.807) is 0 Å². The van der Waals surface area contributed by atoms with Crippen molar-refractivity contribution < 1.29 is 24.5 Å². The molecule has 0 unspecified atom stereocenters. The highest BCUT2D eigenvalue weighted by Gasteiger charge is 2.50. The number of aliphatic carboxylic acids is 1. The molecule has 0 aromatic rings. The Balaban J connectivity index is 2.26. The third kappa shape index (κ3) is 1.07. The highest BCUT2D eigenvalue weighted by molar-refractivity contribution is 5.90. The Morgan fingerprint density at radius 3 is 3.00 bits per heavy atom. The molecule has 2 aliphatic rings. The smallest absolute Gasteiger partial charge is 0.232 e. The van der Waals surface area contributed by atoms with Crippen LogP contribution in [0.15, 0.2) is 11.8 Å². The number of nitrogens with zero attached hydrogens (tertiary/aromatic N) is 1. The number of carboxylic acid groups (broad SMARTS) is 1. The molecule has 0 saturated carbocycles. The topological polar surface area (TPSA) is 89.9 Å². The molecule has 1 N–H and O–H groups in total. The maximum atomic E-state index is 11.0. The molecule has 0 radical (unpaired) electrons. The number of aliphatic hydroxyl groups is 1. The second kappa shape index (κ2) is 2.98. The van der Waals surface area contributed by atoms with E-state index < -0.39 is 18.2 Å². The number of aliphatic hydroxyl groups excluding tert-OH is 1. The summed E-state index contributed by atoms with van der Waals surface area (Å²) in [6, 6.07) is -1.17. The van der Waals surface area contributed by atoms with Gasteiger partial charge in [0.1, 0.15) is 11.8 Å². The van der Waals surface area contributed by atoms with Gasteiger partial charge >= 0.3 is 0 Å². The van der Waals surface area contributed by atoms with Gasteiger partial charge in [0.05, 0.1) is 19.0 Å². The molecule has 2 rings (SSSR count). The van der Waals surface area contributed by atoms with E-state index in [1.165, 1.54) is 6.08 Å². The van der Waals surface area contributed by atoms with E-state index in [1.807, 2.05) is 0 Å². The number of hydrogen-bond acceptors (Lipinski definition) is 5. The fourth-order valence-electron chi connectivity index (χ4n) is 1.65. The minimum absolute atomic E-state index is 0.0864. The summed E-state index contributed by atoms with van der Waals surface area (Å²) >= 11 is 0. The van der Waals surface area contributed by atoms with Crippen LogP contribution in [0.2, 0.25) is 0 Å². The Labute approximate surface area is 79.4 Å². The van der Waals surface area contributed by atoms with Gasteiger partial charge in [-0.3, -0.25) is 9.69 Å². The Kier molecular flexibility index (Phi) is 1.92. The molecule has 2 heterocycles. The molecule has 1 amide bonds. The minimum atomic E-state index is -1.39. The third-order valence-electron chi connectivity index (χ3n) is 2.28. The van der Waals surface area contributed by atoms with Gasteiger partial charge in [-0.25, -0.2) is 0 Å². The summed E-state index contributed by atoms with van der Waals surface area (Å²) < 4.78 is 5.13. The molecule has 2 aliphatic heterocycles. The number of ether oxygens (including phenoxy) is 1. The van der Waals surface area contributed by atoms with E-state index in [2.05, 4.69) is 0 Å². The average molecular weight is 198 g/mol. The number of fused-ring (bicyclic) bond motifs is 1. The SMILES string of the molecule is O=C([O-])[C@@H]1/C(=C\CO)O[C@H]2CC(=O)N21. The number of β-lactam (4-membered cyclic amide) rings is 1. The molecule has 0 aromatic heterocycles. The highest BCUT2D eigenvalue weighted by Crippen LogP contribution is 2.35. The minimum Gasteiger partial charge on any atom is -0.547 e. The van der Waals surface area contributed by atoms with Crippen LogP contribution in [0.5, 0.6) is 0 Å². The van der Waals surface area contributed by atoms with Crippen molar-refractivity contribution in [3.63, 3.8) is 0 Å². The van der Waals surface area contributed by atoms with Gasteiger partial charge in [0, 0.05) is 0 Å². The first-order valence-electron chi connectivity index (χ1n) is 4.14. The lowest BCUT2D eigenvalue weighted by Gasteiger charge is -2.35. The zero-order valence-corrected chi connectivity index (χ0v) is 7.17. The highest BCUT2D eigenvalue weighted by atomic mass is 16.5. The average Bonchev–Trinajstić information content (AvgIpc) is 2.39. The molecule has 0 bridgehead atoms. The third-order valence-corrected chi connectivity index (χ3v) is 2.28. The first-order valence-corrected chi connectivity index (χ1v) is 4.14. The van der Waals surface area contributed by atoms with Gasteiger partial charge in [0.25, 0.3) is 0 Å². The molecular weight excluding hydrogens is 190 g/mol. The Morgan fingerprint density at radius 2 is 2.50 bits per heavy atom. The Hall–Kier alpha value is -1.56. The number of rotatable bonds is 2.